The molecule has 0 saturated carbocycles. The Balaban J connectivity index is 2.34. The predicted molar refractivity (Wildman–Crippen MR) is 82.4 cm³/mol. The van der Waals surface area contributed by atoms with Crippen molar-refractivity contribution < 1.29 is 17.9 Å². The average Bonchev–Trinajstić information content (AvgIpc) is 2.54. The molecule has 0 aliphatic heterocycles. The second-order valence-corrected chi connectivity index (χ2v) is 4.49. The molecule has 1 aromatic heterocycles. The highest BCUT2D eigenvalue weighted by atomic mass is 19.4. The Morgan fingerprint density at radius 3 is 2.43 bits per heavy atom. The number of rotatable bonds is 5. The number of alkyl halides is 3. The molecule has 0 saturated heterocycles. The molecule has 0 unspecified atom stereocenters. The molecule has 0 fully saturated rings. The van der Waals surface area contributed by atoms with Crippen LogP contribution in [0.4, 0.5) is 36.3 Å². The number of hydrogen-bond acceptors (Lipinski definition) is 6. The summed E-state index contributed by atoms with van der Waals surface area (Å²) in [7, 11) is 4.62. The van der Waals surface area contributed by atoms with Gasteiger partial charge < -0.3 is 20.7 Å². The van der Waals surface area contributed by atoms with Crippen molar-refractivity contribution in [3.63, 3.8) is 0 Å². The van der Waals surface area contributed by atoms with Crippen LogP contribution in [0.25, 0.3) is 0 Å². The van der Waals surface area contributed by atoms with E-state index in [-0.39, 0.29) is 11.8 Å². The van der Waals surface area contributed by atoms with Crippen LogP contribution >= 0.6 is 0 Å². The lowest BCUT2D eigenvalue weighted by Gasteiger charge is -2.14. The second-order valence-electron chi connectivity index (χ2n) is 4.49. The summed E-state index contributed by atoms with van der Waals surface area (Å²) in [5.74, 6) is 0.227. The minimum Gasteiger partial charge on any atom is -0.494 e. The second kappa shape index (κ2) is 6.59. The molecule has 0 radical (unpaired) electrons. The number of halogens is 3. The lowest BCUT2D eigenvalue weighted by Crippen LogP contribution is -2.12. The summed E-state index contributed by atoms with van der Waals surface area (Å²) in [5.41, 5.74) is 0.438. The molecule has 0 aliphatic carbocycles. The maximum atomic E-state index is 12.8. The van der Waals surface area contributed by atoms with Gasteiger partial charge in [-0.2, -0.15) is 18.2 Å². The molecule has 3 N–H and O–H groups in total. The van der Waals surface area contributed by atoms with Gasteiger partial charge in [0.05, 0.1) is 12.8 Å². The average molecular weight is 327 g/mol. The SMILES string of the molecule is CNc1ccc(Nc2ncc(C(F)(F)F)c(NC)n2)c(OC)c1. The summed E-state index contributed by atoms with van der Waals surface area (Å²) in [4.78, 5) is 7.56. The third kappa shape index (κ3) is 3.74. The van der Waals surface area contributed by atoms with E-state index in [0.29, 0.717) is 11.4 Å². The third-order valence-corrected chi connectivity index (χ3v) is 3.07. The molecule has 1 heterocycles. The van der Waals surface area contributed by atoms with E-state index in [2.05, 4.69) is 25.9 Å². The van der Waals surface area contributed by atoms with Crippen LogP contribution in [0.1, 0.15) is 5.56 Å². The number of ether oxygens (including phenoxy) is 1. The first-order valence-electron chi connectivity index (χ1n) is 6.64. The van der Waals surface area contributed by atoms with Crippen molar-refractivity contribution in [1.82, 2.24) is 9.97 Å². The fraction of sp³-hybridized carbons (Fsp3) is 0.286. The molecule has 124 valence electrons. The van der Waals surface area contributed by atoms with Crippen molar-refractivity contribution in [2.45, 2.75) is 6.18 Å². The standard InChI is InChI=1S/C14H16F3N5O/c1-18-8-4-5-10(11(6-8)23-3)21-13-20-7-9(14(15,16)17)12(19-2)22-13/h4-7,18H,1-3H3,(H2,19,20,21,22). The van der Waals surface area contributed by atoms with Gasteiger partial charge in [-0.1, -0.05) is 0 Å². The van der Waals surface area contributed by atoms with Gasteiger partial charge in [0, 0.05) is 32.0 Å². The van der Waals surface area contributed by atoms with E-state index in [1.54, 1.807) is 25.2 Å². The van der Waals surface area contributed by atoms with Crippen LogP contribution in [-0.2, 0) is 6.18 Å². The van der Waals surface area contributed by atoms with Crippen molar-refractivity contribution in [2.75, 3.05) is 37.2 Å². The highest BCUT2D eigenvalue weighted by Crippen LogP contribution is 2.34. The number of anilines is 4. The molecular formula is C14H16F3N5O. The zero-order valence-electron chi connectivity index (χ0n) is 12.7. The van der Waals surface area contributed by atoms with Gasteiger partial charge in [-0.15, -0.1) is 0 Å². The molecule has 1 aromatic carbocycles. The van der Waals surface area contributed by atoms with Crippen LogP contribution in [0.5, 0.6) is 5.75 Å². The Labute approximate surface area is 131 Å². The van der Waals surface area contributed by atoms with Crippen molar-refractivity contribution in [1.29, 1.82) is 0 Å². The lowest BCUT2D eigenvalue weighted by molar-refractivity contribution is -0.137. The molecule has 0 aliphatic rings. The van der Waals surface area contributed by atoms with Gasteiger partial charge in [0.15, 0.2) is 0 Å². The first-order valence-corrected chi connectivity index (χ1v) is 6.64. The fourth-order valence-corrected chi connectivity index (χ4v) is 1.91. The summed E-state index contributed by atoms with van der Waals surface area (Å²) < 4.78 is 43.7. The normalized spacial score (nSPS) is 11.0. The molecular weight excluding hydrogens is 311 g/mol. The molecule has 6 nitrogen and oxygen atoms in total. The van der Waals surface area contributed by atoms with Crippen molar-refractivity contribution in [3.05, 3.63) is 30.0 Å². The topological polar surface area (TPSA) is 71.1 Å². The highest BCUT2D eigenvalue weighted by Gasteiger charge is 2.35. The molecule has 0 amide bonds. The van der Waals surface area contributed by atoms with E-state index in [4.69, 9.17) is 4.74 Å². The van der Waals surface area contributed by atoms with Gasteiger partial charge in [0.2, 0.25) is 5.95 Å². The van der Waals surface area contributed by atoms with Crippen LogP contribution < -0.4 is 20.7 Å². The summed E-state index contributed by atoms with van der Waals surface area (Å²) in [6, 6.07) is 5.24. The van der Waals surface area contributed by atoms with Crippen LogP contribution in [0, 0.1) is 0 Å². The Bertz CT molecular complexity index is 691. The minimum absolute atomic E-state index is 0.0258. The van der Waals surface area contributed by atoms with Gasteiger partial charge in [0.1, 0.15) is 17.1 Å². The lowest BCUT2D eigenvalue weighted by atomic mass is 10.2. The van der Waals surface area contributed by atoms with Crippen molar-refractivity contribution >= 4 is 23.1 Å². The van der Waals surface area contributed by atoms with E-state index in [1.807, 2.05) is 0 Å². The number of nitrogens with zero attached hydrogens (tertiary/aromatic N) is 2. The Morgan fingerprint density at radius 2 is 1.87 bits per heavy atom. The van der Waals surface area contributed by atoms with Crippen LogP contribution in [0.2, 0.25) is 0 Å². The van der Waals surface area contributed by atoms with Gasteiger partial charge >= 0.3 is 6.18 Å². The number of aromatic nitrogens is 2. The van der Waals surface area contributed by atoms with Gasteiger partial charge in [0.25, 0.3) is 0 Å². The molecule has 2 aromatic rings. The van der Waals surface area contributed by atoms with Crippen molar-refractivity contribution in [2.24, 2.45) is 0 Å². The number of methoxy groups -OCH3 is 1. The Kier molecular flexibility index (Phi) is 4.77. The largest absolute Gasteiger partial charge is 0.494 e. The zero-order chi connectivity index (χ0) is 17.0. The van der Waals surface area contributed by atoms with E-state index in [9.17, 15) is 13.2 Å². The molecule has 9 heteroatoms. The summed E-state index contributed by atoms with van der Waals surface area (Å²) in [6.07, 6.45) is -3.79. The van der Waals surface area contributed by atoms with Crippen LogP contribution in [0.15, 0.2) is 24.4 Å². The molecule has 0 bridgehead atoms. The van der Waals surface area contributed by atoms with Crippen molar-refractivity contribution in [3.8, 4) is 5.75 Å². The third-order valence-electron chi connectivity index (χ3n) is 3.07. The summed E-state index contributed by atoms with van der Waals surface area (Å²) >= 11 is 0. The Morgan fingerprint density at radius 1 is 1.13 bits per heavy atom. The monoisotopic (exact) mass is 327 g/mol. The quantitative estimate of drug-likeness (QED) is 0.782. The predicted octanol–water partition coefficient (Wildman–Crippen LogP) is 3.33. The molecule has 0 spiro atoms. The van der Waals surface area contributed by atoms with E-state index in [1.165, 1.54) is 14.2 Å². The molecule has 23 heavy (non-hydrogen) atoms. The van der Waals surface area contributed by atoms with Gasteiger partial charge in [-0.25, -0.2) is 4.98 Å². The summed E-state index contributed by atoms with van der Waals surface area (Å²) in [6.45, 7) is 0. The van der Waals surface area contributed by atoms with Gasteiger partial charge in [-0.05, 0) is 12.1 Å². The Hall–Kier alpha value is -2.71. The first kappa shape index (κ1) is 16.7. The maximum Gasteiger partial charge on any atom is 0.421 e. The summed E-state index contributed by atoms with van der Waals surface area (Å²) in [5, 5.41) is 8.23. The first-order chi connectivity index (χ1) is 10.9. The highest BCUT2D eigenvalue weighted by molar-refractivity contribution is 5.68. The van der Waals surface area contributed by atoms with Gasteiger partial charge in [-0.3, -0.25) is 0 Å². The number of benzene rings is 1. The number of hydrogen-bond donors (Lipinski definition) is 3. The number of nitrogens with one attached hydrogen (secondary N) is 3. The smallest absolute Gasteiger partial charge is 0.421 e. The zero-order valence-corrected chi connectivity index (χ0v) is 12.7. The molecule has 0 atom stereocenters. The maximum absolute atomic E-state index is 12.8. The van der Waals surface area contributed by atoms with E-state index >= 15 is 0 Å². The van der Waals surface area contributed by atoms with E-state index < -0.39 is 11.7 Å². The minimum atomic E-state index is -4.52. The van der Waals surface area contributed by atoms with Crippen LogP contribution in [-0.4, -0.2) is 31.2 Å². The molecule has 2 rings (SSSR count). The van der Waals surface area contributed by atoms with E-state index in [0.717, 1.165) is 11.9 Å². The van der Waals surface area contributed by atoms with Crippen LogP contribution in [0.3, 0.4) is 0 Å². The fourth-order valence-electron chi connectivity index (χ4n) is 1.91.